The number of rotatable bonds is 10. The highest BCUT2D eigenvalue weighted by molar-refractivity contribution is 6.39. The summed E-state index contributed by atoms with van der Waals surface area (Å²) >= 11 is 12.5. The first-order valence-corrected chi connectivity index (χ1v) is 13.4. The number of halogens is 3. The summed E-state index contributed by atoms with van der Waals surface area (Å²) in [6.07, 6.45) is 0. The van der Waals surface area contributed by atoms with Crippen LogP contribution in [0.3, 0.4) is 0 Å². The highest BCUT2D eigenvalue weighted by Crippen LogP contribution is 2.30. The summed E-state index contributed by atoms with van der Waals surface area (Å²) in [5.74, 6) is 0.677. The van der Waals surface area contributed by atoms with Gasteiger partial charge in [0, 0.05) is 32.7 Å². The lowest BCUT2D eigenvalue weighted by Crippen LogP contribution is -2.48. The molecule has 1 N–H and O–H groups in total. The molecule has 208 valence electrons. The molecule has 1 aliphatic rings. The number of anilines is 1. The maximum Gasteiger partial charge on any atom is 0.322 e. The van der Waals surface area contributed by atoms with E-state index in [1.165, 1.54) is 17.0 Å². The molecule has 0 unspecified atom stereocenters. The van der Waals surface area contributed by atoms with Gasteiger partial charge in [-0.15, -0.1) is 0 Å². The number of ether oxygens (including phenoxy) is 1. The van der Waals surface area contributed by atoms with Crippen LogP contribution in [0.4, 0.5) is 14.9 Å². The van der Waals surface area contributed by atoms with Crippen molar-refractivity contribution in [3.63, 3.8) is 0 Å². The van der Waals surface area contributed by atoms with Crippen LogP contribution in [0.15, 0.2) is 59.0 Å². The van der Waals surface area contributed by atoms with Gasteiger partial charge in [-0.3, -0.25) is 9.69 Å². The molecule has 1 aromatic heterocycles. The van der Waals surface area contributed by atoms with Gasteiger partial charge < -0.3 is 24.3 Å². The minimum atomic E-state index is -0.498. The molecule has 0 radical (unpaired) electrons. The number of aryl methyl sites for hydroxylation is 1. The minimum Gasteiger partial charge on any atom is -0.464 e. The van der Waals surface area contributed by atoms with Gasteiger partial charge >= 0.3 is 6.03 Å². The molecule has 3 aromatic rings. The fourth-order valence-corrected chi connectivity index (χ4v) is 4.70. The van der Waals surface area contributed by atoms with Gasteiger partial charge in [0.25, 0.3) is 0 Å². The summed E-state index contributed by atoms with van der Waals surface area (Å²) in [5, 5.41) is 3.35. The van der Waals surface area contributed by atoms with E-state index in [1.807, 2.05) is 19.1 Å². The quantitative estimate of drug-likeness (QED) is 0.348. The Morgan fingerprint density at radius 3 is 2.31 bits per heavy atom. The average Bonchev–Trinajstić information content (AvgIpc) is 3.34. The first kappa shape index (κ1) is 28.9. The highest BCUT2D eigenvalue weighted by Gasteiger charge is 2.25. The second kappa shape index (κ2) is 13.8. The predicted octanol–water partition coefficient (Wildman–Crippen LogP) is 5.43. The molecule has 1 aliphatic heterocycles. The number of carbonyl (C=O) groups is 2. The molecule has 1 saturated heterocycles. The SMILES string of the molecule is Cc1ccc(CN(Cc2ccc(F)cc2)C(=O)CN(CCN2CCOCC2)C(=O)Nc2c(Cl)cccc2Cl)o1. The average molecular weight is 577 g/mol. The van der Waals surface area contributed by atoms with Crippen LogP contribution in [0.5, 0.6) is 0 Å². The summed E-state index contributed by atoms with van der Waals surface area (Å²) in [5.41, 5.74) is 1.03. The zero-order valence-corrected chi connectivity index (χ0v) is 23.2. The number of hydrogen-bond acceptors (Lipinski definition) is 5. The third kappa shape index (κ3) is 8.44. The van der Waals surface area contributed by atoms with Crippen LogP contribution in [0.2, 0.25) is 10.0 Å². The molecule has 0 aliphatic carbocycles. The molecule has 2 heterocycles. The molecule has 8 nitrogen and oxygen atoms in total. The molecule has 1 fully saturated rings. The summed E-state index contributed by atoms with van der Waals surface area (Å²) in [6, 6.07) is 14.0. The van der Waals surface area contributed by atoms with E-state index in [0.717, 1.165) is 24.4 Å². The third-order valence-corrected chi connectivity index (χ3v) is 7.01. The molecule has 39 heavy (non-hydrogen) atoms. The van der Waals surface area contributed by atoms with Crippen molar-refractivity contribution < 1.29 is 23.1 Å². The van der Waals surface area contributed by atoms with E-state index < -0.39 is 6.03 Å². The van der Waals surface area contributed by atoms with Crippen molar-refractivity contribution in [3.8, 4) is 0 Å². The van der Waals surface area contributed by atoms with Crippen molar-refractivity contribution in [1.29, 1.82) is 0 Å². The number of urea groups is 1. The van der Waals surface area contributed by atoms with Crippen LogP contribution < -0.4 is 5.32 Å². The van der Waals surface area contributed by atoms with E-state index >= 15 is 0 Å². The molecule has 0 bridgehead atoms. The Hall–Kier alpha value is -3.11. The zero-order valence-electron chi connectivity index (χ0n) is 21.7. The molecule has 0 spiro atoms. The number of nitrogens with zero attached hydrogens (tertiary/aromatic N) is 3. The monoisotopic (exact) mass is 576 g/mol. The minimum absolute atomic E-state index is 0.194. The molecule has 11 heteroatoms. The second-order valence-electron chi connectivity index (χ2n) is 9.29. The standard InChI is InChI=1S/C28H31Cl2FN4O4/c1-20-5-10-23(39-20)18-35(17-21-6-8-22(31)9-7-21)26(36)19-34(12-11-33-13-15-38-16-14-33)28(37)32-27-24(29)3-2-4-25(27)30/h2-10H,11-19H2,1H3,(H,32,37). The lowest BCUT2D eigenvalue weighted by molar-refractivity contribution is -0.133. The second-order valence-corrected chi connectivity index (χ2v) is 10.1. The number of nitrogens with one attached hydrogen (secondary N) is 1. The summed E-state index contributed by atoms with van der Waals surface area (Å²) in [7, 11) is 0. The van der Waals surface area contributed by atoms with E-state index in [1.54, 1.807) is 35.2 Å². The van der Waals surface area contributed by atoms with Gasteiger partial charge in [0.1, 0.15) is 23.9 Å². The Labute approximate surface area is 237 Å². The smallest absolute Gasteiger partial charge is 0.322 e. The van der Waals surface area contributed by atoms with E-state index in [9.17, 15) is 14.0 Å². The first-order valence-electron chi connectivity index (χ1n) is 12.7. The van der Waals surface area contributed by atoms with Gasteiger partial charge in [0.05, 0.1) is 35.5 Å². The number of furan rings is 1. The van der Waals surface area contributed by atoms with E-state index in [-0.39, 0.29) is 37.0 Å². The largest absolute Gasteiger partial charge is 0.464 e. The zero-order chi connectivity index (χ0) is 27.8. The first-order chi connectivity index (χ1) is 18.8. The lowest BCUT2D eigenvalue weighted by Gasteiger charge is -2.31. The number of amides is 3. The van der Waals surface area contributed by atoms with Crippen LogP contribution in [-0.2, 0) is 22.6 Å². The van der Waals surface area contributed by atoms with Gasteiger partial charge in [-0.25, -0.2) is 9.18 Å². The molecule has 0 saturated carbocycles. The predicted molar refractivity (Wildman–Crippen MR) is 148 cm³/mol. The Kier molecular flexibility index (Phi) is 10.2. The van der Waals surface area contributed by atoms with E-state index in [0.29, 0.717) is 42.1 Å². The number of benzene rings is 2. The van der Waals surface area contributed by atoms with Crippen molar-refractivity contribution in [1.82, 2.24) is 14.7 Å². The number of para-hydroxylation sites is 1. The summed E-state index contributed by atoms with van der Waals surface area (Å²) in [4.78, 5) is 32.3. The normalized spacial score (nSPS) is 13.7. The third-order valence-electron chi connectivity index (χ3n) is 6.38. The van der Waals surface area contributed by atoms with Crippen molar-refractivity contribution in [2.75, 3.05) is 51.3 Å². The fraction of sp³-hybridized carbons (Fsp3) is 0.357. The van der Waals surface area contributed by atoms with E-state index in [4.69, 9.17) is 32.4 Å². The van der Waals surface area contributed by atoms with Crippen molar-refractivity contribution in [2.24, 2.45) is 0 Å². The lowest BCUT2D eigenvalue weighted by atomic mass is 10.2. The van der Waals surface area contributed by atoms with Gasteiger partial charge in [-0.2, -0.15) is 0 Å². The van der Waals surface area contributed by atoms with E-state index in [2.05, 4.69) is 10.2 Å². The Balaban J connectivity index is 1.53. The fourth-order valence-electron chi connectivity index (χ4n) is 4.21. The number of carbonyl (C=O) groups excluding carboxylic acids is 2. The van der Waals surface area contributed by atoms with Crippen molar-refractivity contribution in [3.05, 3.63) is 87.5 Å². The van der Waals surface area contributed by atoms with Crippen LogP contribution in [-0.4, -0.2) is 72.6 Å². The molecular weight excluding hydrogens is 546 g/mol. The number of morpholine rings is 1. The molecule has 4 rings (SSSR count). The molecular formula is C28H31Cl2FN4O4. The Bertz CT molecular complexity index is 1240. The van der Waals surface area contributed by atoms with Gasteiger partial charge in [-0.05, 0) is 48.9 Å². The maximum atomic E-state index is 13.7. The van der Waals surface area contributed by atoms with Crippen molar-refractivity contribution in [2.45, 2.75) is 20.0 Å². The van der Waals surface area contributed by atoms with Crippen LogP contribution in [0, 0.1) is 12.7 Å². The van der Waals surface area contributed by atoms with Crippen LogP contribution in [0.25, 0.3) is 0 Å². The number of hydrogen-bond donors (Lipinski definition) is 1. The molecule has 0 atom stereocenters. The Morgan fingerprint density at radius 2 is 1.67 bits per heavy atom. The van der Waals surface area contributed by atoms with Gasteiger partial charge in [0.15, 0.2) is 0 Å². The summed E-state index contributed by atoms with van der Waals surface area (Å²) < 4.78 is 24.6. The van der Waals surface area contributed by atoms with Crippen LogP contribution in [0.1, 0.15) is 17.1 Å². The van der Waals surface area contributed by atoms with Gasteiger partial charge in [0.2, 0.25) is 5.91 Å². The van der Waals surface area contributed by atoms with Crippen LogP contribution >= 0.6 is 23.2 Å². The highest BCUT2D eigenvalue weighted by atomic mass is 35.5. The molecule has 3 amide bonds. The maximum absolute atomic E-state index is 13.7. The Morgan fingerprint density at radius 1 is 0.974 bits per heavy atom. The topological polar surface area (TPSA) is 78.3 Å². The van der Waals surface area contributed by atoms with Crippen molar-refractivity contribution >= 4 is 40.8 Å². The van der Waals surface area contributed by atoms with Gasteiger partial charge in [-0.1, -0.05) is 41.4 Å². The molecule has 2 aromatic carbocycles. The summed E-state index contributed by atoms with van der Waals surface area (Å²) in [6.45, 7) is 5.63.